The summed E-state index contributed by atoms with van der Waals surface area (Å²) in [6, 6.07) is 9.76. The van der Waals surface area contributed by atoms with Crippen LogP contribution in [0.15, 0.2) is 42.7 Å². The zero-order valence-corrected chi connectivity index (χ0v) is 20.6. The van der Waals surface area contributed by atoms with Gasteiger partial charge in [0.15, 0.2) is 5.82 Å². The number of hydrogen-bond acceptors (Lipinski definition) is 8. The molecule has 0 fully saturated rings. The molecule has 0 saturated heterocycles. The highest BCUT2D eigenvalue weighted by Gasteiger charge is 2.17. The van der Waals surface area contributed by atoms with Crippen molar-refractivity contribution in [2.45, 2.75) is 19.5 Å². The largest absolute Gasteiger partial charge is 0.364 e. The van der Waals surface area contributed by atoms with Gasteiger partial charge in [0.05, 0.1) is 12.5 Å². The summed E-state index contributed by atoms with van der Waals surface area (Å²) in [6.07, 6.45) is 5.19. The first kappa shape index (κ1) is 25.0. The molecule has 0 amide bonds. The molecule has 3 N–H and O–H groups in total. The number of hydrogen-bond donors (Lipinski definition) is 3. The van der Waals surface area contributed by atoms with E-state index in [4.69, 9.17) is 11.6 Å². The number of rotatable bonds is 7. The lowest BCUT2D eigenvalue weighted by atomic mass is 10.0. The van der Waals surface area contributed by atoms with Crippen LogP contribution in [0, 0.1) is 0 Å². The summed E-state index contributed by atoms with van der Waals surface area (Å²) in [5, 5.41) is 10.1. The number of nitrogens with one attached hydrogen (secondary N) is 3. The Kier molecular flexibility index (Phi) is 7.96. The van der Waals surface area contributed by atoms with Crippen LogP contribution in [-0.4, -0.2) is 43.2 Å². The molecule has 0 radical (unpaired) electrons. The van der Waals surface area contributed by atoms with Gasteiger partial charge in [-0.2, -0.15) is 4.98 Å². The summed E-state index contributed by atoms with van der Waals surface area (Å²) in [4.78, 5) is 13.0. The number of halogens is 2. The fourth-order valence-corrected chi connectivity index (χ4v) is 4.06. The normalized spacial score (nSPS) is 12.9. The van der Waals surface area contributed by atoms with E-state index < -0.39 is 10.0 Å². The van der Waals surface area contributed by atoms with Gasteiger partial charge in [-0.3, -0.25) is 4.31 Å². The van der Waals surface area contributed by atoms with Crippen molar-refractivity contribution in [1.82, 2.24) is 20.3 Å². The molecular weight excluding hydrogens is 485 g/mol. The number of aromatic nitrogens is 3. The Morgan fingerprint density at radius 2 is 2.03 bits per heavy atom. The highest BCUT2D eigenvalue weighted by atomic mass is 35.5. The maximum atomic E-state index is 11.9. The number of fused-ring (bicyclic) bond motifs is 1. The van der Waals surface area contributed by atoms with Crippen molar-refractivity contribution in [3.63, 3.8) is 0 Å². The van der Waals surface area contributed by atoms with Crippen molar-refractivity contribution >= 4 is 57.3 Å². The molecule has 1 aromatic carbocycles. The summed E-state index contributed by atoms with van der Waals surface area (Å²) in [7, 11) is -1.97. The van der Waals surface area contributed by atoms with E-state index in [0.29, 0.717) is 28.2 Å². The summed E-state index contributed by atoms with van der Waals surface area (Å²) >= 11 is 6.29. The monoisotopic (exact) mass is 509 g/mol. The van der Waals surface area contributed by atoms with E-state index in [1.165, 1.54) is 24.4 Å². The molecule has 0 saturated carbocycles. The SMILES string of the molecule is CN(c1ncccc1CNc1nc(Nc2ccc3c(c2)CCNC3)ncc1Cl)S(C)(=O)=O.Cl. The van der Waals surface area contributed by atoms with Gasteiger partial charge in [-0.05, 0) is 42.3 Å². The molecule has 2 aromatic heterocycles. The molecule has 1 aliphatic heterocycles. The van der Waals surface area contributed by atoms with E-state index in [9.17, 15) is 8.42 Å². The molecule has 33 heavy (non-hydrogen) atoms. The first-order valence-corrected chi connectivity index (χ1v) is 12.3. The first-order chi connectivity index (χ1) is 15.3. The quantitative estimate of drug-likeness (QED) is 0.444. The lowest BCUT2D eigenvalue weighted by Crippen LogP contribution is -2.27. The molecule has 0 atom stereocenters. The van der Waals surface area contributed by atoms with Gasteiger partial charge in [-0.1, -0.05) is 23.7 Å². The number of benzene rings is 1. The van der Waals surface area contributed by atoms with Crippen LogP contribution in [0.25, 0.3) is 0 Å². The molecular formula is C21H25Cl2N7O2S. The van der Waals surface area contributed by atoms with E-state index in [2.05, 4.69) is 43.0 Å². The Morgan fingerprint density at radius 3 is 2.82 bits per heavy atom. The second kappa shape index (κ2) is 10.5. The van der Waals surface area contributed by atoms with E-state index >= 15 is 0 Å². The minimum Gasteiger partial charge on any atom is -0.364 e. The topological polar surface area (TPSA) is 112 Å². The molecule has 3 heterocycles. The lowest BCUT2D eigenvalue weighted by molar-refractivity contribution is 0.599. The summed E-state index contributed by atoms with van der Waals surface area (Å²) in [5.41, 5.74) is 4.20. The van der Waals surface area contributed by atoms with Gasteiger partial charge in [0.1, 0.15) is 10.8 Å². The number of nitrogens with zero attached hydrogens (tertiary/aromatic N) is 4. The van der Waals surface area contributed by atoms with Crippen LogP contribution in [0.4, 0.5) is 23.3 Å². The molecule has 0 bridgehead atoms. The van der Waals surface area contributed by atoms with Gasteiger partial charge in [0.25, 0.3) is 0 Å². The molecule has 3 aromatic rings. The maximum Gasteiger partial charge on any atom is 0.233 e. The number of pyridine rings is 1. The third-order valence-corrected chi connectivity index (χ3v) is 6.65. The van der Waals surface area contributed by atoms with Gasteiger partial charge in [-0.15, -0.1) is 12.4 Å². The van der Waals surface area contributed by atoms with Crippen molar-refractivity contribution in [1.29, 1.82) is 0 Å². The van der Waals surface area contributed by atoms with Gasteiger partial charge in [0.2, 0.25) is 16.0 Å². The van der Waals surface area contributed by atoms with Crippen LogP contribution in [0.5, 0.6) is 0 Å². The Labute approximate surface area is 204 Å². The molecule has 12 heteroatoms. The van der Waals surface area contributed by atoms with Crippen LogP contribution >= 0.6 is 24.0 Å². The van der Waals surface area contributed by atoms with Crippen molar-refractivity contribution in [3.8, 4) is 0 Å². The zero-order chi connectivity index (χ0) is 22.7. The Bertz CT molecular complexity index is 1240. The fraction of sp³-hybridized carbons (Fsp3) is 0.286. The Hall–Kier alpha value is -2.66. The van der Waals surface area contributed by atoms with Crippen LogP contribution in [-0.2, 0) is 29.5 Å². The van der Waals surface area contributed by atoms with E-state index in [1.807, 2.05) is 6.07 Å². The fourth-order valence-electron chi connectivity index (χ4n) is 3.42. The maximum absolute atomic E-state index is 11.9. The molecule has 1 aliphatic rings. The van der Waals surface area contributed by atoms with Crippen LogP contribution in [0.2, 0.25) is 5.02 Å². The van der Waals surface area contributed by atoms with E-state index in [-0.39, 0.29) is 19.0 Å². The van der Waals surface area contributed by atoms with Crippen LogP contribution in [0.3, 0.4) is 0 Å². The molecule has 176 valence electrons. The second-order valence-corrected chi connectivity index (χ2v) is 9.92. The molecule has 4 rings (SSSR count). The highest BCUT2D eigenvalue weighted by Crippen LogP contribution is 2.25. The average molecular weight is 510 g/mol. The molecule has 0 unspecified atom stereocenters. The first-order valence-electron chi connectivity index (χ1n) is 10.0. The minimum atomic E-state index is -3.44. The van der Waals surface area contributed by atoms with Crippen LogP contribution < -0.4 is 20.3 Å². The Morgan fingerprint density at radius 1 is 1.21 bits per heavy atom. The summed E-state index contributed by atoms with van der Waals surface area (Å²) < 4.78 is 25.0. The molecule has 0 aliphatic carbocycles. The van der Waals surface area contributed by atoms with Gasteiger partial charge >= 0.3 is 0 Å². The number of anilines is 4. The van der Waals surface area contributed by atoms with E-state index in [1.54, 1.807) is 18.3 Å². The third-order valence-electron chi connectivity index (χ3n) is 5.20. The minimum absolute atomic E-state index is 0. The van der Waals surface area contributed by atoms with E-state index in [0.717, 1.165) is 35.8 Å². The zero-order valence-electron chi connectivity index (χ0n) is 18.2. The predicted octanol–water partition coefficient (Wildman–Crippen LogP) is 3.34. The average Bonchev–Trinajstić information content (AvgIpc) is 2.78. The second-order valence-electron chi connectivity index (χ2n) is 7.50. The predicted molar refractivity (Wildman–Crippen MR) is 134 cm³/mol. The van der Waals surface area contributed by atoms with Crippen molar-refractivity contribution < 1.29 is 8.42 Å². The smallest absolute Gasteiger partial charge is 0.233 e. The van der Waals surface area contributed by atoms with Crippen molar-refractivity contribution in [2.75, 3.05) is 34.8 Å². The van der Waals surface area contributed by atoms with Gasteiger partial charge in [0, 0.05) is 37.6 Å². The summed E-state index contributed by atoms with van der Waals surface area (Å²) in [5.74, 6) is 1.18. The number of sulfonamides is 1. The Balaban J connectivity index is 0.00000306. The summed E-state index contributed by atoms with van der Waals surface area (Å²) in [6.45, 7) is 2.13. The lowest BCUT2D eigenvalue weighted by Gasteiger charge is -2.19. The molecule has 9 nitrogen and oxygen atoms in total. The third kappa shape index (κ3) is 6.02. The molecule has 0 spiro atoms. The van der Waals surface area contributed by atoms with Crippen molar-refractivity contribution in [2.24, 2.45) is 0 Å². The van der Waals surface area contributed by atoms with Gasteiger partial charge in [-0.25, -0.2) is 18.4 Å². The highest BCUT2D eigenvalue weighted by molar-refractivity contribution is 7.92. The van der Waals surface area contributed by atoms with Crippen LogP contribution in [0.1, 0.15) is 16.7 Å². The van der Waals surface area contributed by atoms with Gasteiger partial charge < -0.3 is 16.0 Å². The standard InChI is InChI=1S/C21H24ClN7O2S.ClH/c1-29(32(2,30)31)20-16(4-3-8-24-20)12-25-19-18(22)13-26-21(28-19)27-17-6-5-15-11-23-9-7-14(15)10-17;/h3-6,8,10,13,23H,7,9,11-12H2,1-2H3,(H2,25,26,27,28);1H. The van der Waals surface area contributed by atoms with Crippen molar-refractivity contribution in [3.05, 3.63) is 64.4 Å².